The highest BCUT2D eigenvalue weighted by atomic mass is 16.5. The average Bonchev–Trinajstić information content (AvgIpc) is 2.76. The van der Waals surface area contributed by atoms with E-state index in [0.29, 0.717) is 11.8 Å². The molecule has 1 N–H and O–H groups in total. The van der Waals surface area contributed by atoms with E-state index in [-0.39, 0.29) is 5.41 Å². The molecule has 0 amide bonds. The number of benzene rings is 1. The van der Waals surface area contributed by atoms with Crippen LogP contribution in [0.5, 0.6) is 5.75 Å². The van der Waals surface area contributed by atoms with E-state index in [1.165, 1.54) is 31.2 Å². The Morgan fingerprint density at radius 2 is 1.95 bits per heavy atom. The lowest BCUT2D eigenvalue weighted by atomic mass is 9.53. The maximum Gasteiger partial charge on any atom is 0.119 e. The van der Waals surface area contributed by atoms with Crippen molar-refractivity contribution in [3.05, 3.63) is 29.3 Å². The minimum absolute atomic E-state index is 0.123. The molecule has 0 radical (unpaired) electrons. The van der Waals surface area contributed by atoms with Crippen LogP contribution in [0, 0.1) is 17.3 Å². The van der Waals surface area contributed by atoms with Gasteiger partial charge in [-0.05, 0) is 91.9 Å². The fraction of sp³-hybridized carbons (Fsp3) is 0.700. The van der Waals surface area contributed by atoms with Crippen LogP contribution in [0.1, 0.15) is 63.0 Å². The van der Waals surface area contributed by atoms with Crippen molar-refractivity contribution in [1.29, 1.82) is 0 Å². The number of aryl methyl sites for hydroxylation is 1. The molecule has 0 unspecified atom stereocenters. The molecule has 3 aliphatic rings. The Bertz CT molecular complexity index is 591. The van der Waals surface area contributed by atoms with Crippen molar-refractivity contribution in [2.24, 2.45) is 17.3 Å². The summed E-state index contributed by atoms with van der Waals surface area (Å²) in [5, 5.41) is 10.9. The Morgan fingerprint density at radius 3 is 2.73 bits per heavy atom. The Balaban J connectivity index is 1.69. The molecule has 1 aromatic carbocycles. The van der Waals surface area contributed by atoms with Crippen molar-refractivity contribution >= 4 is 0 Å². The molecule has 2 heteroatoms. The minimum atomic E-state index is -0.469. The summed E-state index contributed by atoms with van der Waals surface area (Å²) in [6.45, 7) is 4.43. The molecule has 0 aliphatic heterocycles. The summed E-state index contributed by atoms with van der Waals surface area (Å²) in [6.07, 6.45) is 7.02. The molecular weight excluding hydrogens is 272 g/mol. The van der Waals surface area contributed by atoms with Gasteiger partial charge in [0.15, 0.2) is 0 Å². The summed E-state index contributed by atoms with van der Waals surface area (Å²) in [5.41, 5.74) is 2.71. The van der Waals surface area contributed by atoms with Gasteiger partial charge in [0.25, 0.3) is 0 Å². The number of hydrogen-bond acceptors (Lipinski definition) is 2. The van der Waals surface area contributed by atoms with Gasteiger partial charge in [0.05, 0.1) is 12.7 Å². The lowest BCUT2D eigenvalue weighted by Crippen LogP contribution is -2.49. The fourth-order valence-electron chi connectivity index (χ4n) is 5.93. The molecule has 2 saturated carbocycles. The average molecular weight is 300 g/mol. The molecular formula is C20H28O2. The Hall–Kier alpha value is -1.02. The molecule has 0 spiro atoms. The first-order valence-corrected chi connectivity index (χ1v) is 8.85. The van der Waals surface area contributed by atoms with Crippen LogP contribution in [0.25, 0.3) is 0 Å². The summed E-state index contributed by atoms with van der Waals surface area (Å²) in [7, 11) is 1.75. The van der Waals surface area contributed by atoms with Gasteiger partial charge in [-0.15, -0.1) is 0 Å². The van der Waals surface area contributed by atoms with E-state index in [1.54, 1.807) is 12.7 Å². The van der Waals surface area contributed by atoms with Gasteiger partial charge in [-0.1, -0.05) is 13.0 Å². The van der Waals surface area contributed by atoms with E-state index in [9.17, 15) is 5.11 Å². The second kappa shape index (κ2) is 4.74. The molecule has 2 fully saturated rings. The van der Waals surface area contributed by atoms with Gasteiger partial charge in [0, 0.05) is 0 Å². The van der Waals surface area contributed by atoms with E-state index in [1.807, 2.05) is 0 Å². The lowest BCUT2D eigenvalue weighted by Gasteiger charge is -2.52. The first-order chi connectivity index (χ1) is 10.5. The maximum atomic E-state index is 10.9. The van der Waals surface area contributed by atoms with E-state index >= 15 is 0 Å². The zero-order valence-electron chi connectivity index (χ0n) is 14.1. The number of ether oxygens (including phenoxy) is 1. The monoisotopic (exact) mass is 300 g/mol. The molecule has 5 atom stereocenters. The van der Waals surface area contributed by atoms with Crippen LogP contribution < -0.4 is 4.74 Å². The van der Waals surface area contributed by atoms with Crippen molar-refractivity contribution < 1.29 is 9.84 Å². The third-order valence-corrected chi connectivity index (χ3v) is 7.50. The van der Waals surface area contributed by atoms with Gasteiger partial charge in [0.1, 0.15) is 5.75 Å². The van der Waals surface area contributed by atoms with Crippen LogP contribution in [0.2, 0.25) is 0 Å². The highest BCUT2D eigenvalue weighted by Crippen LogP contribution is 2.64. The summed E-state index contributed by atoms with van der Waals surface area (Å²) in [5.74, 6) is 3.13. The second-order valence-electron chi connectivity index (χ2n) is 8.25. The first kappa shape index (κ1) is 14.6. The molecule has 0 bridgehead atoms. The highest BCUT2D eigenvalue weighted by Gasteiger charge is 2.59. The van der Waals surface area contributed by atoms with Crippen molar-refractivity contribution in [2.75, 3.05) is 7.11 Å². The van der Waals surface area contributed by atoms with Gasteiger partial charge in [0.2, 0.25) is 0 Å². The maximum absolute atomic E-state index is 10.9. The highest BCUT2D eigenvalue weighted by molar-refractivity contribution is 5.40. The number of rotatable bonds is 1. The molecule has 3 aliphatic carbocycles. The van der Waals surface area contributed by atoms with E-state index < -0.39 is 5.60 Å². The van der Waals surface area contributed by atoms with Gasteiger partial charge >= 0.3 is 0 Å². The summed E-state index contributed by atoms with van der Waals surface area (Å²) in [6, 6.07) is 6.67. The molecule has 0 saturated heterocycles. The predicted octanol–water partition coefficient (Wildman–Crippen LogP) is 4.30. The number of hydrogen-bond donors (Lipinski definition) is 1. The van der Waals surface area contributed by atoms with Crippen LogP contribution in [-0.4, -0.2) is 17.8 Å². The van der Waals surface area contributed by atoms with Crippen LogP contribution in [0.4, 0.5) is 0 Å². The zero-order valence-corrected chi connectivity index (χ0v) is 14.1. The molecule has 0 heterocycles. The standard InChI is InChI=1S/C20H28O2/c1-19-10-8-16-15-7-5-14(22-3)12-13(15)4-6-17(16)18(19)9-11-20(19,2)21/h5,7,12,16-18,21H,4,6,8-11H2,1-3H3/t16-,17-,18-,19-,20+/m1/s1. The molecule has 120 valence electrons. The number of methoxy groups -OCH3 is 1. The summed E-state index contributed by atoms with van der Waals surface area (Å²) < 4.78 is 5.40. The molecule has 22 heavy (non-hydrogen) atoms. The number of fused-ring (bicyclic) bond motifs is 5. The van der Waals surface area contributed by atoms with Crippen LogP contribution >= 0.6 is 0 Å². The van der Waals surface area contributed by atoms with Crippen LogP contribution in [-0.2, 0) is 6.42 Å². The molecule has 4 rings (SSSR count). The summed E-state index contributed by atoms with van der Waals surface area (Å²) >= 11 is 0. The van der Waals surface area contributed by atoms with E-state index in [4.69, 9.17) is 4.74 Å². The Labute approximate surface area is 133 Å². The van der Waals surface area contributed by atoms with Crippen LogP contribution in [0.15, 0.2) is 18.2 Å². The Morgan fingerprint density at radius 1 is 1.14 bits per heavy atom. The van der Waals surface area contributed by atoms with Crippen molar-refractivity contribution in [1.82, 2.24) is 0 Å². The first-order valence-electron chi connectivity index (χ1n) is 8.85. The van der Waals surface area contributed by atoms with Gasteiger partial charge < -0.3 is 9.84 Å². The predicted molar refractivity (Wildman–Crippen MR) is 88.2 cm³/mol. The minimum Gasteiger partial charge on any atom is -0.497 e. The molecule has 1 aromatic rings. The largest absolute Gasteiger partial charge is 0.497 e. The normalized spacial score (nSPS) is 43.2. The van der Waals surface area contributed by atoms with Gasteiger partial charge in [-0.2, -0.15) is 0 Å². The molecule has 0 aromatic heterocycles. The zero-order chi connectivity index (χ0) is 15.5. The van der Waals surface area contributed by atoms with Crippen molar-refractivity contribution in [3.8, 4) is 5.75 Å². The third-order valence-electron chi connectivity index (χ3n) is 7.50. The smallest absolute Gasteiger partial charge is 0.119 e. The third kappa shape index (κ3) is 1.83. The summed E-state index contributed by atoms with van der Waals surface area (Å²) in [4.78, 5) is 0. The SMILES string of the molecule is COc1ccc2c(c1)CC[C@@H]1[C@@H]2CC[C@]2(C)[C@@H]1CC[C@]2(C)O. The van der Waals surface area contributed by atoms with Crippen LogP contribution in [0.3, 0.4) is 0 Å². The van der Waals surface area contributed by atoms with Crippen molar-refractivity contribution in [2.45, 2.75) is 63.9 Å². The quantitative estimate of drug-likeness (QED) is 0.838. The topological polar surface area (TPSA) is 29.5 Å². The number of aliphatic hydroxyl groups is 1. The fourth-order valence-corrected chi connectivity index (χ4v) is 5.93. The second-order valence-corrected chi connectivity index (χ2v) is 8.25. The lowest BCUT2D eigenvalue weighted by molar-refractivity contribution is -0.0901. The van der Waals surface area contributed by atoms with Gasteiger partial charge in [-0.3, -0.25) is 0 Å². The van der Waals surface area contributed by atoms with E-state index in [0.717, 1.165) is 24.5 Å². The molecule has 2 nitrogen and oxygen atoms in total. The van der Waals surface area contributed by atoms with E-state index in [2.05, 4.69) is 32.0 Å². The van der Waals surface area contributed by atoms with Gasteiger partial charge in [-0.25, -0.2) is 0 Å². The van der Waals surface area contributed by atoms with Crippen molar-refractivity contribution in [3.63, 3.8) is 0 Å². The Kier molecular flexibility index (Phi) is 3.14.